The molecule has 0 aliphatic rings. The van der Waals surface area contributed by atoms with Gasteiger partial charge in [-0.2, -0.15) is 0 Å². The summed E-state index contributed by atoms with van der Waals surface area (Å²) in [7, 11) is -3.96. The van der Waals surface area contributed by atoms with Gasteiger partial charge in [0.25, 0.3) is 10.0 Å². The molecule has 0 aliphatic heterocycles. The van der Waals surface area contributed by atoms with Gasteiger partial charge in [0.05, 0.1) is 17.2 Å². The van der Waals surface area contributed by atoms with Crippen molar-refractivity contribution in [1.82, 2.24) is 0 Å². The van der Waals surface area contributed by atoms with Gasteiger partial charge in [-0.25, -0.2) is 8.42 Å². The second-order valence-electron chi connectivity index (χ2n) is 6.54. The molecule has 3 rings (SSSR count). The number of para-hydroxylation sites is 1. The highest BCUT2D eigenvalue weighted by Crippen LogP contribution is 2.28. The quantitative estimate of drug-likeness (QED) is 0.495. The van der Waals surface area contributed by atoms with E-state index in [1.807, 2.05) is 37.3 Å². The molecule has 30 heavy (non-hydrogen) atoms. The Morgan fingerprint density at radius 3 is 2.07 bits per heavy atom. The van der Waals surface area contributed by atoms with Crippen LogP contribution in [-0.4, -0.2) is 27.5 Å². The number of nitrogens with zero attached hydrogens (tertiary/aromatic N) is 1. The maximum absolute atomic E-state index is 13.2. The minimum atomic E-state index is -3.96. The van der Waals surface area contributed by atoms with Crippen LogP contribution in [0.5, 0.6) is 11.5 Å². The molecule has 0 saturated heterocycles. The molecule has 0 aliphatic carbocycles. The lowest BCUT2D eigenvalue weighted by molar-refractivity contribution is -0.141. The van der Waals surface area contributed by atoms with E-state index in [9.17, 15) is 13.2 Å². The maximum atomic E-state index is 13.2. The zero-order chi connectivity index (χ0) is 21.6. The Morgan fingerprint density at radius 1 is 0.867 bits per heavy atom. The fourth-order valence-corrected chi connectivity index (χ4v) is 4.19. The number of carbonyl (C=O) groups excluding carboxylic acids is 1. The number of benzene rings is 3. The van der Waals surface area contributed by atoms with Gasteiger partial charge in [-0.1, -0.05) is 35.9 Å². The number of esters is 1. The van der Waals surface area contributed by atoms with Crippen LogP contribution in [0.25, 0.3) is 0 Å². The number of hydrogen-bond donors (Lipinski definition) is 0. The number of anilines is 1. The fraction of sp³-hybridized carbons (Fsp3) is 0.174. The first-order valence-corrected chi connectivity index (χ1v) is 10.9. The fourth-order valence-electron chi connectivity index (χ4n) is 2.78. The second kappa shape index (κ2) is 9.45. The molecule has 0 bridgehead atoms. The van der Waals surface area contributed by atoms with E-state index < -0.39 is 22.5 Å². The van der Waals surface area contributed by atoms with Crippen molar-refractivity contribution in [2.75, 3.05) is 17.5 Å². The second-order valence-corrected chi connectivity index (χ2v) is 8.40. The van der Waals surface area contributed by atoms with Crippen molar-refractivity contribution in [3.63, 3.8) is 0 Å². The average Bonchev–Trinajstić information content (AvgIpc) is 2.74. The maximum Gasteiger partial charge on any atom is 0.326 e. The Bertz CT molecular complexity index is 1080. The highest BCUT2D eigenvalue weighted by molar-refractivity contribution is 7.92. The molecular weight excluding hydrogens is 402 g/mol. The number of aryl methyl sites for hydroxylation is 1. The molecule has 0 amide bonds. The van der Waals surface area contributed by atoms with E-state index in [1.165, 1.54) is 12.1 Å². The largest absolute Gasteiger partial charge is 0.465 e. The molecule has 0 radical (unpaired) electrons. The molecule has 3 aromatic carbocycles. The van der Waals surface area contributed by atoms with E-state index in [2.05, 4.69) is 0 Å². The molecule has 0 N–H and O–H groups in total. The van der Waals surface area contributed by atoms with E-state index in [0.717, 1.165) is 9.87 Å². The van der Waals surface area contributed by atoms with Crippen LogP contribution >= 0.6 is 0 Å². The van der Waals surface area contributed by atoms with Crippen molar-refractivity contribution in [2.45, 2.75) is 18.7 Å². The topological polar surface area (TPSA) is 72.9 Å². The molecular formula is C23H23NO5S. The van der Waals surface area contributed by atoms with Crippen LogP contribution in [0.3, 0.4) is 0 Å². The molecule has 0 unspecified atom stereocenters. The van der Waals surface area contributed by atoms with Crippen molar-refractivity contribution in [2.24, 2.45) is 0 Å². The lowest BCUT2D eigenvalue weighted by Crippen LogP contribution is -2.36. The van der Waals surface area contributed by atoms with Crippen molar-refractivity contribution >= 4 is 21.7 Å². The summed E-state index contributed by atoms with van der Waals surface area (Å²) < 4.78 is 38.3. The van der Waals surface area contributed by atoms with Crippen LogP contribution in [0.2, 0.25) is 0 Å². The number of carbonyl (C=O) groups is 1. The van der Waals surface area contributed by atoms with E-state index in [4.69, 9.17) is 9.47 Å². The number of ether oxygens (including phenoxy) is 2. The minimum absolute atomic E-state index is 0.0991. The Hall–Kier alpha value is -3.32. The third kappa shape index (κ3) is 5.18. The molecule has 0 spiro atoms. The van der Waals surface area contributed by atoms with Gasteiger partial charge in [0.15, 0.2) is 0 Å². The predicted octanol–water partition coefficient (Wildman–Crippen LogP) is 4.55. The average molecular weight is 426 g/mol. The molecule has 0 aromatic heterocycles. The Labute approximate surface area is 176 Å². The van der Waals surface area contributed by atoms with Gasteiger partial charge < -0.3 is 9.47 Å². The zero-order valence-corrected chi connectivity index (χ0v) is 17.6. The van der Waals surface area contributed by atoms with Gasteiger partial charge in [-0.3, -0.25) is 9.10 Å². The van der Waals surface area contributed by atoms with Gasteiger partial charge in [0, 0.05) is 0 Å². The Morgan fingerprint density at radius 2 is 1.47 bits per heavy atom. The van der Waals surface area contributed by atoms with Crippen LogP contribution in [0.4, 0.5) is 5.69 Å². The van der Waals surface area contributed by atoms with Gasteiger partial charge in [-0.15, -0.1) is 0 Å². The molecule has 0 atom stereocenters. The predicted molar refractivity (Wildman–Crippen MR) is 115 cm³/mol. The van der Waals surface area contributed by atoms with E-state index >= 15 is 0 Å². The standard InChI is InChI=1S/C23H23NO5S/c1-3-28-23(25)17-24(30(26,27)22-15-9-18(2)10-16-22)19-11-13-21(14-12-19)29-20-7-5-4-6-8-20/h4-16H,3,17H2,1-2H3. The molecule has 156 valence electrons. The lowest BCUT2D eigenvalue weighted by Gasteiger charge is -2.24. The number of rotatable bonds is 8. The Kier molecular flexibility index (Phi) is 6.74. The first kappa shape index (κ1) is 21.4. The van der Waals surface area contributed by atoms with Gasteiger partial charge >= 0.3 is 5.97 Å². The molecule has 0 fully saturated rings. The molecule has 3 aromatic rings. The van der Waals surface area contributed by atoms with Crippen LogP contribution in [0.15, 0.2) is 83.8 Å². The third-order valence-corrected chi connectivity index (χ3v) is 6.08. The summed E-state index contributed by atoms with van der Waals surface area (Å²) in [5.74, 6) is 0.590. The summed E-state index contributed by atoms with van der Waals surface area (Å²) in [6.07, 6.45) is 0. The molecule has 0 saturated carbocycles. The van der Waals surface area contributed by atoms with E-state index in [0.29, 0.717) is 17.2 Å². The van der Waals surface area contributed by atoms with E-state index in [1.54, 1.807) is 43.3 Å². The molecule has 0 heterocycles. The Balaban J connectivity index is 1.91. The highest BCUT2D eigenvalue weighted by atomic mass is 32.2. The molecule has 6 nitrogen and oxygen atoms in total. The summed E-state index contributed by atoms with van der Waals surface area (Å²) in [5.41, 5.74) is 1.28. The van der Waals surface area contributed by atoms with Crippen molar-refractivity contribution in [3.8, 4) is 11.5 Å². The highest BCUT2D eigenvalue weighted by Gasteiger charge is 2.27. The van der Waals surface area contributed by atoms with Gasteiger partial charge in [-0.05, 0) is 62.4 Å². The number of sulfonamides is 1. The van der Waals surface area contributed by atoms with Crippen LogP contribution < -0.4 is 9.04 Å². The smallest absolute Gasteiger partial charge is 0.326 e. The summed E-state index contributed by atoms with van der Waals surface area (Å²) in [4.78, 5) is 12.2. The van der Waals surface area contributed by atoms with Crippen LogP contribution in [0, 0.1) is 6.92 Å². The van der Waals surface area contributed by atoms with E-state index in [-0.39, 0.29) is 11.5 Å². The number of hydrogen-bond acceptors (Lipinski definition) is 5. The monoisotopic (exact) mass is 425 g/mol. The summed E-state index contributed by atoms with van der Waals surface area (Å²) >= 11 is 0. The summed E-state index contributed by atoms with van der Waals surface area (Å²) in [6.45, 7) is 3.29. The van der Waals surface area contributed by atoms with Crippen LogP contribution in [-0.2, 0) is 19.6 Å². The normalized spacial score (nSPS) is 11.0. The van der Waals surface area contributed by atoms with Gasteiger partial charge in [0.1, 0.15) is 18.0 Å². The first-order chi connectivity index (χ1) is 14.4. The third-order valence-electron chi connectivity index (χ3n) is 4.29. The molecule has 7 heteroatoms. The zero-order valence-electron chi connectivity index (χ0n) is 16.8. The van der Waals surface area contributed by atoms with Crippen molar-refractivity contribution < 1.29 is 22.7 Å². The first-order valence-electron chi connectivity index (χ1n) is 9.48. The minimum Gasteiger partial charge on any atom is -0.465 e. The lowest BCUT2D eigenvalue weighted by atomic mass is 10.2. The summed E-state index contributed by atoms with van der Waals surface area (Å²) in [6, 6.07) is 22.2. The van der Waals surface area contributed by atoms with Crippen molar-refractivity contribution in [3.05, 3.63) is 84.4 Å². The van der Waals surface area contributed by atoms with Gasteiger partial charge in [0.2, 0.25) is 0 Å². The van der Waals surface area contributed by atoms with Crippen molar-refractivity contribution in [1.29, 1.82) is 0 Å². The summed E-state index contributed by atoms with van der Waals surface area (Å²) in [5, 5.41) is 0. The van der Waals surface area contributed by atoms with Crippen LogP contribution in [0.1, 0.15) is 12.5 Å². The SMILES string of the molecule is CCOC(=O)CN(c1ccc(Oc2ccccc2)cc1)S(=O)(=O)c1ccc(C)cc1.